The van der Waals surface area contributed by atoms with Gasteiger partial charge in [-0.25, -0.2) is 4.39 Å². The van der Waals surface area contributed by atoms with Crippen LogP contribution in [-0.2, 0) is 0 Å². The highest BCUT2D eigenvalue weighted by atomic mass is 35.5. The largest absolute Gasteiger partial charge is 0.207 e. The summed E-state index contributed by atoms with van der Waals surface area (Å²) in [7, 11) is 0. The lowest BCUT2D eigenvalue weighted by atomic mass is 9.86. The van der Waals surface area contributed by atoms with Gasteiger partial charge >= 0.3 is 0 Å². The fraction of sp³-hybridized carbons (Fsp3) is 0.625. The second-order valence-corrected chi connectivity index (χ2v) is 6.51. The van der Waals surface area contributed by atoms with Gasteiger partial charge in [0.05, 0.1) is 5.38 Å². The molecular weight excluding hydrogens is 282 g/mol. The molecule has 1 aliphatic rings. The summed E-state index contributed by atoms with van der Waals surface area (Å²) in [5.41, 5.74) is 1.52. The molecule has 1 unspecified atom stereocenters. The quantitative estimate of drug-likeness (QED) is 0.552. The number of hydrogen-bond donors (Lipinski definition) is 0. The van der Waals surface area contributed by atoms with Crippen LogP contribution in [0.25, 0.3) is 0 Å². The Hall–Kier alpha value is -0.270. The van der Waals surface area contributed by atoms with Crippen LogP contribution in [0.3, 0.4) is 0 Å². The molecule has 19 heavy (non-hydrogen) atoms. The number of benzene rings is 1. The Kier molecular flexibility index (Phi) is 5.53. The predicted molar refractivity (Wildman–Crippen MR) is 80.6 cm³/mol. The van der Waals surface area contributed by atoms with Crippen molar-refractivity contribution < 1.29 is 4.39 Å². The third-order valence-electron chi connectivity index (χ3n) is 4.14. The molecule has 0 radical (unpaired) electrons. The van der Waals surface area contributed by atoms with E-state index >= 15 is 0 Å². The number of rotatable bonds is 2. The average molecular weight is 303 g/mol. The van der Waals surface area contributed by atoms with Gasteiger partial charge in [-0.15, -0.1) is 11.6 Å². The lowest BCUT2D eigenvalue weighted by Gasteiger charge is -2.25. The summed E-state index contributed by atoms with van der Waals surface area (Å²) in [5.74, 6) is 0.208. The lowest BCUT2D eigenvalue weighted by molar-refractivity contribution is 0.368. The molecule has 106 valence electrons. The number of aryl methyl sites for hydroxylation is 1. The van der Waals surface area contributed by atoms with Crippen LogP contribution in [0.15, 0.2) is 12.1 Å². The minimum Gasteiger partial charge on any atom is -0.207 e. The van der Waals surface area contributed by atoms with E-state index in [2.05, 4.69) is 0 Å². The fourth-order valence-corrected chi connectivity index (χ4v) is 3.68. The summed E-state index contributed by atoms with van der Waals surface area (Å²) in [5, 5.41) is 0.370. The first-order chi connectivity index (χ1) is 9.09. The molecule has 1 aromatic rings. The molecule has 0 heterocycles. The fourth-order valence-electron chi connectivity index (χ4n) is 2.93. The Morgan fingerprint density at radius 1 is 1.11 bits per heavy atom. The molecule has 0 bridgehead atoms. The third kappa shape index (κ3) is 3.86. The molecule has 0 N–H and O–H groups in total. The smallest absolute Gasteiger partial charge is 0.127 e. The molecule has 3 heteroatoms. The van der Waals surface area contributed by atoms with Crippen molar-refractivity contribution in [2.24, 2.45) is 5.92 Å². The molecule has 1 aliphatic carbocycles. The third-order valence-corrected chi connectivity index (χ3v) is 5.06. The van der Waals surface area contributed by atoms with E-state index in [0.717, 1.165) is 18.4 Å². The van der Waals surface area contributed by atoms with Crippen molar-refractivity contribution in [2.45, 2.75) is 57.2 Å². The zero-order valence-electron chi connectivity index (χ0n) is 11.4. The zero-order chi connectivity index (χ0) is 13.8. The normalized spacial score (nSPS) is 19.8. The highest BCUT2D eigenvalue weighted by Crippen LogP contribution is 2.40. The van der Waals surface area contributed by atoms with E-state index in [4.69, 9.17) is 23.2 Å². The Morgan fingerprint density at radius 3 is 2.32 bits per heavy atom. The highest BCUT2D eigenvalue weighted by molar-refractivity contribution is 6.32. The van der Waals surface area contributed by atoms with E-state index in [1.54, 1.807) is 6.92 Å². The van der Waals surface area contributed by atoms with Gasteiger partial charge in [-0.05, 0) is 42.9 Å². The molecule has 0 aromatic heterocycles. The molecule has 1 aromatic carbocycles. The standard InChI is InChI=1S/C16H21Cl2F/c1-11-9-13(14(17)10-15(11)19)16(18)12-7-5-3-2-4-6-8-12/h9-10,12,16H,2-8H2,1H3. The second-order valence-electron chi connectivity index (χ2n) is 5.63. The molecule has 2 rings (SSSR count). The van der Waals surface area contributed by atoms with Crippen molar-refractivity contribution in [1.82, 2.24) is 0 Å². The van der Waals surface area contributed by atoms with Crippen LogP contribution in [0.1, 0.15) is 61.4 Å². The van der Waals surface area contributed by atoms with Crippen molar-refractivity contribution in [3.8, 4) is 0 Å². The van der Waals surface area contributed by atoms with Crippen LogP contribution >= 0.6 is 23.2 Å². The maximum Gasteiger partial charge on any atom is 0.127 e. The van der Waals surface area contributed by atoms with Gasteiger partial charge in [-0.2, -0.15) is 0 Å². The van der Waals surface area contributed by atoms with Gasteiger partial charge < -0.3 is 0 Å². The number of halogens is 3. The Balaban J connectivity index is 2.17. The maximum absolute atomic E-state index is 13.5. The van der Waals surface area contributed by atoms with Crippen molar-refractivity contribution in [3.63, 3.8) is 0 Å². The summed E-state index contributed by atoms with van der Waals surface area (Å²) in [4.78, 5) is 0. The van der Waals surface area contributed by atoms with Crippen LogP contribution in [0.5, 0.6) is 0 Å². The van der Waals surface area contributed by atoms with E-state index in [1.807, 2.05) is 6.07 Å². The molecule has 1 atom stereocenters. The van der Waals surface area contributed by atoms with Gasteiger partial charge in [0.25, 0.3) is 0 Å². The highest BCUT2D eigenvalue weighted by Gasteiger charge is 2.24. The van der Waals surface area contributed by atoms with Gasteiger partial charge in [0.2, 0.25) is 0 Å². The maximum atomic E-state index is 13.5. The molecule has 1 saturated carbocycles. The van der Waals surface area contributed by atoms with Crippen LogP contribution < -0.4 is 0 Å². The summed E-state index contributed by atoms with van der Waals surface area (Å²) in [6, 6.07) is 3.21. The van der Waals surface area contributed by atoms with Crippen LogP contribution in [0, 0.1) is 18.7 Å². The van der Waals surface area contributed by atoms with E-state index < -0.39 is 0 Å². The molecular formula is C16H21Cl2F. The summed E-state index contributed by atoms with van der Waals surface area (Å²) in [6.45, 7) is 1.76. The van der Waals surface area contributed by atoms with E-state index in [9.17, 15) is 4.39 Å². The van der Waals surface area contributed by atoms with Gasteiger partial charge in [0.15, 0.2) is 0 Å². The van der Waals surface area contributed by atoms with Gasteiger partial charge in [-0.3, -0.25) is 0 Å². The molecule has 0 nitrogen and oxygen atoms in total. The van der Waals surface area contributed by atoms with Crippen LogP contribution in [-0.4, -0.2) is 0 Å². The second kappa shape index (κ2) is 6.95. The van der Waals surface area contributed by atoms with Gasteiger partial charge in [0.1, 0.15) is 5.82 Å². The number of hydrogen-bond acceptors (Lipinski definition) is 0. The van der Waals surface area contributed by atoms with E-state index in [0.29, 0.717) is 16.5 Å². The first-order valence-corrected chi connectivity index (χ1v) is 8.00. The first-order valence-electron chi connectivity index (χ1n) is 7.19. The van der Waals surface area contributed by atoms with E-state index in [1.165, 1.54) is 38.2 Å². The molecule has 0 saturated heterocycles. The summed E-state index contributed by atoms with van der Waals surface area (Å²) >= 11 is 12.8. The Bertz CT molecular complexity index is 423. The Morgan fingerprint density at radius 2 is 1.68 bits per heavy atom. The lowest BCUT2D eigenvalue weighted by Crippen LogP contribution is -2.11. The summed E-state index contributed by atoms with van der Waals surface area (Å²) < 4.78 is 13.5. The molecule has 0 amide bonds. The minimum atomic E-state index is -0.254. The predicted octanol–water partition coefficient (Wildman–Crippen LogP) is 6.43. The first kappa shape index (κ1) is 15.1. The molecule has 0 aliphatic heterocycles. The topological polar surface area (TPSA) is 0 Å². The summed E-state index contributed by atoms with van der Waals surface area (Å²) in [6.07, 6.45) is 8.74. The van der Waals surface area contributed by atoms with Crippen LogP contribution in [0.4, 0.5) is 4.39 Å². The van der Waals surface area contributed by atoms with Crippen molar-refractivity contribution in [2.75, 3.05) is 0 Å². The molecule has 1 fully saturated rings. The monoisotopic (exact) mass is 302 g/mol. The van der Waals surface area contributed by atoms with Crippen molar-refractivity contribution >= 4 is 23.2 Å². The van der Waals surface area contributed by atoms with Gasteiger partial charge in [-0.1, -0.05) is 49.8 Å². The average Bonchev–Trinajstić information content (AvgIpc) is 2.32. The van der Waals surface area contributed by atoms with Crippen LogP contribution in [0.2, 0.25) is 5.02 Å². The Labute approximate surface area is 125 Å². The van der Waals surface area contributed by atoms with Crippen molar-refractivity contribution in [1.29, 1.82) is 0 Å². The van der Waals surface area contributed by atoms with Crippen molar-refractivity contribution in [3.05, 3.63) is 34.1 Å². The SMILES string of the molecule is Cc1cc(C(Cl)C2CCCCCCC2)c(Cl)cc1F. The number of alkyl halides is 1. The zero-order valence-corrected chi connectivity index (χ0v) is 12.9. The minimum absolute atomic E-state index is 0.0927. The molecule has 0 spiro atoms. The van der Waals surface area contributed by atoms with E-state index in [-0.39, 0.29) is 11.2 Å². The van der Waals surface area contributed by atoms with Gasteiger partial charge in [0, 0.05) is 5.02 Å².